The number of fused-ring (bicyclic) bond motifs is 1. The van der Waals surface area contributed by atoms with Crippen LogP contribution in [0.15, 0.2) is 18.2 Å². The molecule has 0 aromatic heterocycles. The molecule has 1 aliphatic carbocycles. The number of hydrogen-bond acceptors (Lipinski definition) is 2. The fraction of sp³-hybridized carbons (Fsp3) is 0.533. The molecule has 1 N–H and O–H groups in total. The Morgan fingerprint density at radius 1 is 1.39 bits per heavy atom. The van der Waals surface area contributed by atoms with E-state index in [-0.39, 0.29) is 12.1 Å². The Hall–Kier alpha value is -1.51. The van der Waals surface area contributed by atoms with E-state index in [0.29, 0.717) is 0 Å². The Morgan fingerprint density at radius 2 is 2.11 bits per heavy atom. The summed E-state index contributed by atoms with van der Waals surface area (Å²) in [4.78, 5) is 11.8. The Kier molecular flexibility index (Phi) is 3.33. The standard InChI is InChI=1S/C15H21NO2/c1-10-5-7-12-11(9-10)6-8-13(12)16-14(17)18-15(2,3)4/h5,7,9,13H,6,8H2,1-4H3,(H,16,17). The van der Waals surface area contributed by atoms with Gasteiger partial charge in [-0.3, -0.25) is 0 Å². The number of amides is 1. The Bertz CT molecular complexity index is 460. The second-order valence-corrected chi connectivity index (χ2v) is 5.94. The maximum absolute atomic E-state index is 11.8. The van der Waals surface area contributed by atoms with Crippen molar-refractivity contribution < 1.29 is 9.53 Å². The van der Waals surface area contributed by atoms with Gasteiger partial charge in [-0.05, 0) is 51.7 Å². The van der Waals surface area contributed by atoms with Crippen LogP contribution in [0.3, 0.4) is 0 Å². The number of carbonyl (C=O) groups excluding carboxylic acids is 1. The third kappa shape index (κ3) is 3.03. The molecule has 0 spiro atoms. The first-order valence-electron chi connectivity index (χ1n) is 6.44. The molecule has 18 heavy (non-hydrogen) atoms. The molecule has 1 aromatic rings. The van der Waals surface area contributed by atoms with Crippen LogP contribution in [0.25, 0.3) is 0 Å². The highest BCUT2D eigenvalue weighted by molar-refractivity contribution is 5.68. The van der Waals surface area contributed by atoms with E-state index in [1.807, 2.05) is 20.8 Å². The van der Waals surface area contributed by atoms with Crippen molar-refractivity contribution in [2.24, 2.45) is 0 Å². The predicted molar refractivity (Wildman–Crippen MR) is 71.6 cm³/mol. The first-order chi connectivity index (χ1) is 8.35. The van der Waals surface area contributed by atoms with Crippen LogP contribution in [0.1, 0.15) is 49.9 Å². The van der Waals surface area contributed by atoms with Gasteiger partial charge >= 0.3 is 6.09 Å². The summed E-state index contributed by atoms with van der Waals surface area (Å²) in [6, 6.07) is 6.50. The highest BCUT2D eigenvalue weighted by atomic mass is 16.6. The molecule has 3 nitrogen and oxygen atoms in total. The lowest BCUT2D eigenvalue weighted by Crippen LogP contribution is -2.34. The molecule has 0 saturated heterocycles. The molecule has 2 rings (SSSR count). The highest BCUT2D eigenvalue weighted by Gasteiger charge is 2.26. The van der Waals surface area contributed by atoms with Crippen molar-refractivity contribution in [2.45, 2.75) is 52.2 Å². The number of hydrogen-bond donors (Lipinski definition) is 1. The lowest BCUT2D eigenvalue weighted by atomic mass is 10.1. The Balaban J connectivity index is 2.04. The summed E-state index contributed by atoms with van der Waals surface area (Å²) in [6.07, 6.45) is 1.65. The van der Waals surface area contributed by atoms with Crippen molar-refractivity contribution >= 4 is 6.09 Å². The van der Waals surface area contributed by atoms with Crippen molar-refractivity contribution in [3.8, 4) is 0 Å². The van der Waals surface area contributed by atoms with Gasteiger partial charge in [0.05, 0.1) is 6.04 Å². The zero-order valence-electron chi connectivity index (χ0n) is 11.5. The summed E-state index contributed by atoms with van der Waals surface area (Å²) < 4.78 is 5.29. The molecule has 0 saturated carbocycles. The fourth-order valence-electron chi connectivity index (χ4n) is 2.35. The van der Waals surface area contributed by atoms with Gasteiger partial charge in [0.2, 0.25) is 0 Å². The number of carbonyl (C=O) groups is 1. The summed E-state index contributed by atoms with van der Waals surface area (Å²) in [5.41, 5.74) is 3.40. The molecular formula is C15H21NO2. The molecule has 1 amide bonds. The summed E-state index contributed by atoms with van der Waals surface area (Å²) >= 11 is 0. The Labute approximate surface area is 109 Å². The molecule has 1 unspecified atom stereocenters. The average Bonchev–Trinajstić information content (AvgIpc) is 2.57. The van der Waals surface area contributed by atoms with Gasteiger partial charge in [0, 0.05) is 0 Å². The van der Waals surface area contributed by atoms with Gasteiger partial charge in [0.15, 0.2) is 0 Å². The van der Waals surface area contributed by atoms with E-state index in [4.69, 9.17) is 4.74 Å². The SMILES string of the molecule is Cc1ccc2c(c1)CCC2NC(=O)OC(C)(C)C. The Morgan fingerprint density at radius 3 is 2.78 bits per heavy atom. The van der Waals surface area contributed by atoms with Gasteiger partial charge in [0.1, 0.15) is 5.60 Å². The molecule has 1 atom stereocenters. The van der Waals surface area contributed by atoms with E-state index in [1.54, 1.807) is 0 Å². The highest BCUT2D eigenvalue weighted by Crippen LogP contribution is 2.31. The second kappa shape index (κ2) is 4.63. The first kappa shape index (κ1) is 12.9. The molecule has 98 valence electrons. The number of ether oxygens (including phenoxy) is 1. The van der Waals surface area contributed by atoms with Gasteiger partial charge in [-0.15, -0.1) is 0 Å². The minimum absolute atomic E-state index is 0.0930. The third-order valence-corrected chi connectivity index (χ3v) is 3.07. The monoisotopic (exact) mass is 247 g/mol. The van der Waals surface area contributed by atoms with Gasteiger partial charge in [-0.2, -0.15) is 0 Å². The molecule has 0 radical (unpaired) electrons. The first-order valence-corrected chi connectivity index (χ1v) is 6.44. The topological polar surface area (TPSA) is 38.3 Å². The van der Waals surface area contributed by atoms with E-state index in [9.17, 15) is 4.79 Å². The molecule has 0 fully saturated rings. The van der Waals surface area contributed by atoms with Gasteiger partial charge in [-0.25, -0.2) is 4.79 Å². The summed E-state index contributed by atoms with van der Waals surface area (Å²) in [7, 11) is 0. The number of benzene rings is 1. The van der Waals surface area contributed by atoms with Crippen LogP contribution >= 0.6 is 0 Å². The molecule has 0 bridgehead atoms. The number of aryl methyl sites for hydroxylation is 2. The van der Waals surface area contributed by atoms with E-state index < -0.39 is 5.60 Å². The minimum Gasteiger partial charge on any atom is -0.444 e. The van der Waals surface area contributed by atoms with Crippen molar-refractivity contribution in [1.82, 2.24) is 5.32 Å². The summed E-state index contributed by atoms with van der Waals surface area (Å²) in [5, 5.41) is 2.95. The number of alkyl carbamates (subject to hydrolysis) is 1. The largest absolute Gasteiger partial charge is 0.444 e. The van der Waals surface area contributed by atoms with Gasteiger partial charge in [0.25, 0.3) is 0 Å². The molecule has 1 aromatic carbocycles. The van der Waals surface area contributed by atoms with Crippen LogP contribution in [-0.4, -0.2) is 11.7 Å². The van der Waals surface area contributed by atoms with Crippen molar-refractivity contribution in [3.05, 3.63) is 34.9 Å². The normalized spacial score (nSPS) is 18.3. The van der Waals surface area contributed by atoms with Crippen molar-refractivity contribution in [2.75, 3.05) is 0 Å². The maximum atomic E-state index is 11.8. The molecular weight excluding hydrogens is 226 g/mol. The maximum Gasteiger partial charge on any atom is 0.408 e. The van der Waals surface area contributed by atoms with E-state index >= 15 is 0 Å². The number of rotatable bonds is 1. The van der Waals surface area contributed by atoms with Gasteiger partial charge < -0.3 is 10.1 Å². The fourth-order valence-corrected chi connectivity index (χ4v) is 2.35. The zero-order valence-corrected chi connectivity index (χ0v) is 11.5. The van der Waals surface area contributed by atoms with E-state index in [2.05, 4.69) is 30.4 Å². The van der Waals surface area contributed by atoms with Crippen LogP contribution in [0, 0.1) is 6.92 Å². The predicted octanol–water partition coefficient (Wildman–Crippen LogP) is 3.51. The molecule has 0 heterocycles. The quantitative estimate of drug-likeness (QED) is 0.824. The lowest BCUT2D eigenvalue weighted by Gasteiger charge is -2.22. The second-order valence-electron chi connectivity index (χ2n) is 5.94. The van der Waals surface area contributed by atoms with E-state index in [1.165, 1.54) is 16.7 Å². The van der Waals surface area contributed by atoms with Crippen LogP contribution in [-0.2, 0) is 11.2 Å². The lowest BCUT2D eigenvalue weighted by molar-refractivity contribution is 0.0504. The third-order valence-electron chi connectivity index (χ3n) is 3.07. The molecule has 3 heteroatoms. The van der Waals surface area contributed by atoms with Gasteiger partial charge in [-0.1, -0.05) is 23.8 Å². The van der Waals surface area contributed by atoms with Crippen LogP contribution in [0.4, 0.5) is 4.79 Å². The average molecular weight is 247 g/mol. The number of nitrogens with one attached hydrogen (secondary N) is 1. The minimum atomic E-state index is -0.446. The summed E-state index contributed by atoms with van der Waals surface area (Å²) in [6.45, 7) is 7.71. The zero-order chi connectivity index (χ0) is 13.3. The van der Waals surface area contributed by atoms with Crippen LogP contribution < -0.4 is 5.32 Å². The summed E-state index contributed by atoms with van der Waals surface area (Å²) in [5.74, 6) is 0. The molecule has 1 aliphatic rings. The molecule has 0 aliphatic heterocycles. The van der Waals surface area contributed by atoms with Crippen LogP contribution in [0.5, 0.6) is 0 Å². The van der Waals surface area contributed by atoms with Crippen molar-refractivity contribution in [3.63, 3.8) is 0 Å². The smallest absolute Gasteiger partial charge is 0.408 e. The van der Waals surface area contributed by atoms with Crippen molar-refractivity contribution in [1.29, 1.82) is 0 Å². The van der Waals surface area contributed by atoms with Crippen LogP contribution in [0.2, 0.25) is 0 Å². The van der Waals surface area contributed by atoms with E-state index in [0.717, 1.165) is 12.8 Å².